The molecule has 0 saturated heterocycles. The molecule has 0 aromatic heterocycles. The van der Waals surface area contributed by atoms with Crippen molar-refractivity contribution in [1.29, 1.82) is 0 Å². The average molecular weight is 195 g/mol. The Morgan fingerprint density at radius 1 is 1.07 bits per heavy atom. The predicted octanol–water partition coefficient (Wildman–Crippen LogP) is 3.33. The summed E-state index contributed by atoms with van der Waals surface area (Å²) in [4.78, 5) is 0. The Kier molecular flexibility index (Phi) is 2.88. The molecule has 0 aromatic carbocycles. The zero-order valence-corrected chi connectivity index (χ0v) is 9.76. The summed E-state index contributed by atoms with van der Waals surface area (Å²) in [5.74, 6) is 2.01. The third-order valence-corrected chi connectivity index (χ3v) is 4.40. The van der Waals surface area contributed by atoms with E-state index < -0.39 is 0 Å². The number of nitrogens with two attached hydrogens (primary N) is 1. The summed E-state index contributed by atoms with van der Waals surface area (Å²) in [7, 11) is 0. The number of hydrogen-bond donors (Lipinski definition) is 1. The van der Waals surface area contributed by atoms with Crippen LogP contribution < -0.4 is 5.73 Å². The third kappa shape index (κ3) is 2.50. The summed E-state index contributed by atoms with van der Waals surface area (Å²) in [6.07, 6.45) is 9.91. The first-order chi connectivity index (χ1) is 6.55. The molecular weight excluding hydrogens is 170 g/mol. The lowest BCUT2D eigenvalue weighted by molar-refractivity contribution is 0.140. The smallest absolute Gasteiger partial charge is 0.00441 e. The maximum Gasteiger partial charge on any atom is 0.00441 e. The van der Waals surface area contributed by atoms with Crippen LogP contribution in [0.2, 0.25) is 0 Å². The molecule has 2 rings (SSSR count). The molecule has 2 N–H and O–H groups in total. The van der Waals surface area contributed by atoms with Crippen molar-refractivity contribution >= 4 is 0 Å². The molecule has 2 aliphatic rings. The van der Waals surface area contributed by atoms with Crippen molar-refractivity contribution in [1.82, 2.24) is 0 Å². The molecule has 0 spiro atoms. The van der Waals surface area contributed by atoms with E-state index in [1.807, 2.05) is 0 Å². The van der Waals surface area contributed by atoms with Crippen LogP contribution >= 0.6 is 0 Å². The van der Waals surface area contributed by atoms with Gasteiger partial charge in [0.1, 0.15) is 0 Å². The highest BCUT2D eigenvalue weighted by Gasteiger charge is 2.32. The van der Waals surface area contributed by atoms with Gasteiger partial charge in [0.15, 0.2) is 0 Å². The van der Waals surface area contributed by atoms with Crippen LogP contribution in [0.3, 0.4) is 0 Å². The summed E-state index contributed by atoms with van der Waals surface area (Å²) in [6.45, 7) is 4.84. The van der Waals surface area contributed by atoms with Crippen LogP contribution in [0.25, 0.3) is 0 Å². The summed E-state index contributed by atoms with van der Waals surface area (Å²) in [5, 5.41) is 0. The Balaban J connectivity index is 1.69. The zero-order chi connectivity index (χ0) is 10.2. The Labute approximate surface area is 88.4 Å². The lowest BCUT2D eigenvalue weighted by atomic mass is 9.68. The van der Waals surface area contributed by atoms with Crippen LogP contribution in [-0.2, 0) is 0 Å². The zero-order valence-electron chi connectivity index (χ0n) is 9.76. The third-order valence-electron chi connectivity index (χ3n) is 4.40. The van der Waals surface area contributed by atoms with Crippen molar-refractivity contribution in [2.75, 3.05) is 0 Å². The lowest BCUT2D eigenvalue weighted by Gasteiger charge is -2.39. The Hall–Kier alpha value is -0.0400. The second kappa shape index (κ2) is 3.84. The van der Waals surface area contributed by atoms with Gasteiger partial charge in [-0.3, -0.25) is 0 Å². The standard InChI is InChI=1S/C13H25N/c1-13(2)5-3-10(4-6-13)7-11-8-12(14)9-11/h10-12H,3-9,14H2,1-2H3. The SMILES string of the molecule is CC1(C)CCC(CC2CC(N)C2)CC1. The summed E-state index contributed by atoms with van der Waals surface area (Å²) >= 11 is 0. The van der Waals surface area contributed by atoms with Gasteiger partial charge >= 0.3 is 0 Å². The van der Waals surface area contributed by atoms with Crippen molar-refractivity contribution in [3.63, 3.8) is 0 Å². The van der Waals surface area contributed by atoms with E-state index in [4.69, 9.17) is 5.73 Å². The average Bonchev–Trinajstić information content (AvgIpc) is 2.06. The molecule has 0 aliphatic heterocycles. The number of rotatable bonds is 2. The van der Waals surface area contributed by atoms with Gasteiger partial charge in [0.25, 0.3) is 0 Å². The second-order valence-electron chi connectivity index (χ2n) is 6.44. The van der Waals surface area contributed by atoms with Crippen LogP contribution in [-0.4, -0.2) is 6.04 Å². The first kappa shape index (κ1) is 10.5. The van der Waals surface area contributed by atoms with Gasteiger partial charge in [0.2, 0.25) is 0 Å². The van der Waals surface area contributed by atoms with Crippen LogP contribution in [0.4, 0.5) is 0 Å². The molecule has 0 amide bonds. The molecule has 1 heteroatoms. The van der Waals surface area contributed by atoms with Crippen LogP contribution in [0, 0.1) is 17.3 Å². The molecule has 1 nitrogen and oxygen atoms in total. The van der Waals surface area contributed by atoms with Gasteiger partial charge in [-0.25, -0.2) is 0 Å². The molecule has 82 valence electrons. The first-order valence-corrected chi connectivity index (χ1v) is 6.31. The fraction of sp³-hybridized carbons (Fsp3) is 1.00. The minimum absolute atomic E-state index is 0.542. The molecule has 0 heterocycles. The minimum atomic E-state index is 0.542. The largest absolute Gasteiger partial charge is 0.328 e. The Morgan fingerprint density at radius 2 is 1.64 bits per heavy atom. The molecular formula is C13H25N. The fourth-order valence-corrected chi connectivity index (χ4v) is 3.15. The van der Waals surface area contributed by atoms with Crippen LogP contribution in [0.15, 0.2) is 0 Å². The molecule has 0 radical (unpaired) electrons. The van der Waals surface area contributed by atoms with Crippen molar-refractivity contribution in [3.8, 4) is 0 Å². The topological polar surface area (TPSA) is 26.0 Å². The van der Waals surface area contributed by atoms with E-state index in [2.05, 4.69) is 13.8 Å². The van der Waals surface area contributed by atoms with Gasteiger partial charge in [0, 0.05) is 6.04 Å². The summed E-state index contributed by atoms with van der Waals surface area (Å²) < 4.78 is 0. The van der Waals surface area contributed by atoms with Crippen molar-refractivity contribution in [3.05, 3.63) is 0 Å². The van der Waals surface area contributed by atoms with Gasteiger partial charge < -0.3 is 5.73 Å². The summed E-state index contributed by atoms with van der Waals surface area (Å²) in [6, 6.07) is 0.542. The van der Waals surface area contributed by atoms with Gasteiger partial charge in [0.05, 0.1) is 0 Å². The van der Waals surface area contributed by atoms with Gasteiger partial charge in [-0.15, -0.1) is 0 Å². The van der Waals surface area contributed by atoms with E-state index in [9.17, 15) is 0 Å². The molecule has 0 atom stereocenters. The number of hydrogen-bond acceptors (Lipinski definition) is 1. The molecule has 2 fully saturated rings. The van der Waals surface area contributed by atoms with Gasteiger partial charge in [-0.2, -0.15) is 0 Å². The van der Waals surface area contributed by atoms with Crippen LogP contribution in [0.5, 0.6) is 0 Å². The summed E-state index contributed by atoms with van der Waals surface area (Å²) in [5.41, 5.74) is 6.45. The molecule has 2 saturated carbocycles. The first-order valence-electron chi connectivity index (χ1n) is 6.31. The van der Waals surface area contributed by atoms with E-state index in [-0.39, 0.29) is 0 Å². The van der Waals surface area contributed by atoms with E-state index in [1.54, 1.807) is 0 Å². The highest BCUT2D eigenvalue weighted by atomic mass is 14.7. The maximum absolute atomic E-state index is 5.82. The molecule has 0 bridgehead atoms. The van der Waals surface area contributed by atoms with Crippen molar-refractivity contribution < 1.29 is 0 Å². The van der Waals surface area contributed by atoms with Crippen molar-refractivity contribution in [2.45, 2.75) is 64.8 Å². The molecule has 0 aromatic rings. The van der Waals surface area contributed by atoms with E-state index in [0.29, 0.717) is 11.5 Å². The normalized spacial score (nSPS) is 37.9. The van der Waals surface area contributed by atoms with Crippen LogP contribution in [0.1, 0.15) is 58.8 Å². The van der Waals surface area contributed by atoms with E-state index in [0.717, 1.165) is 11.8 Å². The van der Waals surface area contributed by atoms with Crippen molar-refractivity contribution in [2.24, 2.45) is 23.0 Å². The Bertz CT molecular complexity index is 181. The second-order valence-corrected chi connectivity index (χ2v) is 6.44. The Morgan fingerprint density at radius 3 is 2.14 bits per heavy atom. The van der Waals surface area contributed by atoms with E-state index in [1.165, 1.54) is 44.9 Å². The fourth-order valence-electron chi connectivity index (χ4n) is 3.15. The molecule has 2 aliphatic carbocycles. The molecule has 0 unspecified atom stereocenters. The predicted molar refractivity (Wildman–Crippen MR) is 61.1 cm³/mol. The van der Waals surface area contributed by atoms with E-state index >= 15 is 0 Å². The van der Waals surface area contributed by atoms with Gasteiger partial charge in [-0.1, -0.05) is 13.8 Å². The minimum Gasteiger partial charge on any atom is -0.328 e. The highest BCUT2D eigenvalue weighted by molar-refractivity contribution is 4.86. The quantitative estimate of drug-likeness (QED) is 0.718. The van der Waals surface area contributed by atoms with Gasteiger partial charge in [-0.05, 0) is 62.2 Å². The maximum atomic E-state index is 5.82. The highest BCUT2D eigenvalue weighted by Crippen LogP contribution is 2.42. The lowest BCUT2D eigenvalue weighted by Crippen LogP contribution is -2.37. The monoisotopic (exact) mass is 195 g/mol. The molecule has 14 heavy (non-hydrogen) atoms.